The van der Waals surface area contributed by atoms with Crippen LogP contribution < -0.4 is 10.9 Å². The third kappa shape index (κ3) is 3.57. The molecule has 1 aromatic heterocycles. The normalized spacial score (nSPS) is 10.8. The number of hydrogen-bond acceptors (Lipinski definition) is 2. The summed E-state index contributed by atoms with van der Waals surface area (Å²) in [4.78, 5) is 26.8. The molecule has 122 valence electrons. The summed E-state index contributed by atoms with van der Waals surface area (Å²) in [6.45, 7) is 3.73. The average molecular weight is 385 g/mol. The number of H-pyrrole nitrogens is 1. The van der Waals surface area contributed by atoms with E-state index in [9.17, 15) is 9.59 Å². The maximum atomic E-state index is 12.3. The van der Waals surface area contributed by atoms with Gasteiger partial charge in [-0.1, -0.05) is 22.0 Å². The Labute approximate surface area is 148 Å². The molecule has 1 amide bonds. The van der Waals surface area contributed by atoms with Crippen molar-refractivity contribution in [3.63, 3.8) is 0 Å². The Hall–Kier alpha value is -2.40. The van der Waals surface area contributed by atoms with Gasteiger partial charge >= 0.3 is 0 Å². The molecule has 0 spiro atoms. The van der Waals surface area contributed by atoms with Crippen LogP contribution >= 0.6 is 15.9 Å². The van der Waals surface area contributed by atoms with Gasteiger partial charge in [0.15, 0.2) is 0 Å². The van der Waals surface area contributed by atoms with E-state index in [1.165, 1.54) is 0 Å². The lowest BCUT2D eigenvalue weighted by atomic mass is 10.1. The van der Waals surface area contributed by atoms with Gasteiger partial charge in [0.2, 0.25) is 5.91 Å². The first-order valence-electron chi connectivity index (χ1n) is 7.61. The number of nitrogens with one attached hydrogen (secondary N) is 2. The molecule has 0 fully saturated rings. The van der Waals surface area contributed by atoms with Crippen LogP contribution in [-0.2, 0) is 11.2 Å². The van der Waals surface area contributed by atoms with Gasteiger partial charge in [0, 0.05) is 21.2 Å². The van der Waals surface area contributed by atoms with E-state index < -0.39 is 0 Å². The average Bonchev–Trinajstić information content (AvgIpc) is 2.51. The summed E-state index contributed by atoms with van der Waals surface area (Å²) in [7, 11) is 0. The molecule has 3 aromatic rings. The number of carbonyl (C=O) groups is 1. The fourth-order valence-corrected chi connectivity index (χ4v) is 3.10. The summed E-state index contributed by atoms with van der Waals surface area (Å²) >= 11 is 3.41. The summed E-state index contributed by atoms with van der Waals surface area (Å²) in [5, 5.41) is 3.86. The summed E-state index contributed by atoms with van der Waals surface area (Å²) in [6.07, 6.45) is 0.281. The van der Waals surface area contributed by atoms with Crippen molar-refractivity contribution < 1.29 is 4.79 Å². The molecule has 0 saturated heterocycles. The van der Waals surface area contributed by atoms with E-state index in [0.717, 1.165) is 32.2 Å². The minimum absolute atomic E-state index is 0.0686. The van der Waals surface area contributed by atoms with Crippen molar-refractivity contribution in [1.29, 1.82) is 0 Å². The number of aryl methyl sites for hydroxylation is 2. The predicted octanol–water partition coefficient (Wildman–Crippen LogP) is 4.09. The Balaban J connectivity index is 1.80. The third-order valence-corrected chi connectivity index (χ3v) is 4.41. The van der Waals surface area contributed by atoms with Crippen LogP contribution in [0.25, 0.3) is 10.9 Å². The number of aromatic amines is 1. The number of fused-ring (bicyclic) bond motifs is 1. The van der Waals surface area contributed by atoms with Gasteiger partial charge in [-0.05, 0) is 66.8 Å². The molecular weight excluding hydrogens is 368 g/mol. The van der Waals surface area contributed by atoms with Crippen molar-refractivity contribution in [2.45, 2.75) is 20.3 Å². The molecule has 3 rings (SSSR count). The van der Waals surface area contributed by atoms with Crippen LogP contribution in [0, 0.1) is 13.8 Å². The first kappa shape index (κ1) is 16.5. The molecule has 1 heterocycles. The van der Waals surface area contributed by atoms with Crippen molar-refractivity contribution in [2.75, 3.05) is 5.32 Å². The van der Waals surface area contributed by atoms with Crippen LogP contribution in [0.4, 0.5) is 5.69 Å². The number of amides is 1. The van der Waals surface area contributed by atoms with E-state index in [-0.39, 0.29) is 17.9 Å². The molecule has 0 radical (unpaired) electrons. The van der Waals surface area contributed by atoms with Gasteiger partial charge in [-0.2, -0.15) is 0 Å². The van der Waals surface area contributed by atoms with Crippen LogP contribution in [0.15, 0.2) is 51.7 Å². The zero-order valence-corrected chi connectivity index (χ0v) is 15.0. The predicted molar refractivity (Wildman–Crippen MR) is 101 cm³/mol. The number of anilines is 1. The van der Waals surface area contributed by atoms with Crippen molar-refractivity contribution in [2.24, 2.45) is 0 Å². The van der Waals surface area contributed by atoms with Crippen molar-refractivity contribution in [1.82, 2.24) is 4.98 Å². The van der Waals surface area contributed by atoms with Gasteiger partial charge < -0.3 is 10.3 Å². The van der Waals surface area contributed by atoms with E-state index in [1.54, 1.807) is 6.92 Å². The molecule has 2 N–H and O–H groups in total. The Bertz CT molecular complexity index is 992. The third-order valence-electron chi connectivity index (χ3n) is 3.92. The smallest absolute Gasteiger partial charge is 0.251 e. The molecule has 2 aromatic carbocycles. The fourth-order valence-electron chi connectivity index (χ4n) is 2.62. The van der Waals surface area contributed by atoms with E-state index in [4.69, 9.17) is 0 Å². The molecule has 0 saturated carbocycles. The summed E-state index contributed by atoms with van der Waals surface area (Å²) in [5.41, 5.74) is 4.07. The van der Waals surface area contributed by atoms with Gasteiger partial charge in [0.1, 0.15) is 0 Å². The lowest BCUT2D eigenvalue weighted by Gasteiger charge is -2.09. The fraction of sp³-hybridized carbons (Fsp3) is 0.158. The quantitative estimate of drug-likeness (QED) is 0.714. The largest absolute Gasteiger partial charge is 0.326 e. The van der Waals surface area contributed by atoms with Gasteiger partial charge in [-0.15, -0.1) is 0 Å². The van der Waals surface area contributed by atoms with Gasteiger partial charge in [0.05, 0.1) is 6.42 Å². The standard InChI is InChI=1S/C19H17BrN2O2/c1-11-8-15(20)4-6-16(11)21-18(23)10-13-3-5-17-14(9-13)7-12(2)19(24)22-17/h3-9H,10H2,1-2H3,(H,21,23)(H,22,24). The molecule has 0 bridgehead atoms. The molecule has 5 heteroatoms. The van der Waals surface area contributed by atoms with E-state index in [2.05, 4.69) is 26.2 Å². The first-order chi connectivity index (χ1) is 11.4. The van der Waals surface area contributed by atoms with Crippen molar-refractivity contribution in [3.8, 4) is 0 Å². The first-order valence-corrected chi connectivity index (χ1v) is 8.40. The zero-order chi connectivity index (χ0) is 17.3. The minimum Gasteiger partial charge on any atom is -0.326 e. The molecule has 0 aliphatic carbocycles. The molecule has 24 heavy (non-hydrogen) atoms. The van der Waals surface area contributed by atoms with Crippen LogP contribution in [0.1, 0.15) is 16.7 Å². The van der Waals surface area contributed by atoms with E-state index >= 15 is 0 Å². The molecule has 0 unspecified atom stereocenters. The molecule has 4 nitrogen and oxygen atoms in total. The van der Waals surface area contributed by atoms with Crippen LogP contribution in [0.3, 0.4) is 0 Å². The summed E-state index contributed by atoms with van der Waals surface area (Å²) < 4.78 is 0.983. The Kier molecular flexibility index (Phi) is 4.53. The Morgan fingerprint density at radius 3 is 2.62 bits per heavy atom. The second-order valence-corrected chi connectivity index (χ2v) is 6.80. The van der Waals surface area contributed by atoms with Crippen LogP contribution in [-0.4, -0.2) is 10.9 Å². The minimum atomic E-state index is -0.0845. The molecule has 0 aliphatic heterocycles. The molecule has 0 atom stereocenters. The highest BCUT2D eigenvalue weighted by Crippen LogP contribution is 2.20. The number of halogens is 1. The monoisotopic (exact) mass is 384 g/mol. The highest BCUT2D eigenvalue weighted by Gasteiger charge is 2.08. The number of rotatable bonds is 3. The number of pyridine rings is 1. The van der Waals surface area contributed by atoms with Crippen LogP contribution in [0.2, 0.25) is 0 Å². The van der Waals surface area contributed by atoms with Crippen molar-refractivity contribution in [3.05, 3.63) is 74.0 Å². The van der Waals surface area contributed by atoms with Gasteiger partial charge in [0.25, 0.3) is 5.56 Å². The maximum absolute atomic E-state index is 12.3. The van der Waals surface area contributed by atoms with Gasteiger partial charge in [-0.3, -0.25) is 9.59 Å². The molecule has 0 aliphatic rings. The lowest BCUT2D eigenvalue weighted by Crippen LogP contribution is -2.15. The topological polar surface area (TPSA) is 62.0 Å². The second kappa shape index (κ2) is 6.61. The zero-order valence-electron chi connectivity index (χ0n) is 13.4. The van der Waals surface area contributed by atoms with E-state index in [1.807, 2.05) is 49.4 Å². The Morgan fingerprint density at radius 1 is 1.08 bits per heavy atom. The number of benzene rings is 2. The van der Waals surface area contributed by atoms with Crippen molar-refractivity contribution >= 4 is 38.4 Å². The highest BCUT2D eigenvalue weighted by molar-refractivity contribution is 9.10. The second-order valence-electron chi connectivity index (χ2n) is 5.89. The number of carbonyl (C=O) groups excluding carboxylic acids is 1. The van der Waals surface area contributed by atoms with Gasteiger partial charge in [-0.25, -0.2) is 0 Å². The lowest BCUT2D eigenvalue weighted by molar-refractivity contribution is -0.115. The SMILES string of the molecule is Cc1cc(Br)ccc1NC(=O)Cc1ccc2[nH]c(=O)c(C)cc2c1. The summed E-state index contributed by atoms with van der Waals surface area (Å²) in [6, 6.07) is 13.2. The summed E-state index contributed by atoms with van der Waals surface area (Å²) in [5.74, 6) is -0.0686. The molecular formula is C19H17BrN2O2. The Morgan fingerprint density at radius 2 is 1.88 bits per heavy atom. The number of hydrogen-bond donors (Lipinski definition) is 2. The maximum Gasteiger partial charge on any atom is 0.251 e. The van der Waals surface area contributed by atoms with E-state index in [0.29, 0.717) is 5.56 Å². The van der Waals surface area contributed by atoms with Crippen LogP contribution in [0.5, 0.6) is 0 Å². The highest BCUT2D eigenvalue weighted by atomic mass is 79.9. The number of aromatic nitrogens is 1.